The van der Waals surface area contributed by atoms with Crippen molar-refractivity contribution in [3.05, 3.63) is 29.3 Å². The lowest BCUT2D eigenvalue weighted by Gasteiger charge is -2.12. The number of benzene rings is 1. The molecule has 1 aromatic rings. The van der Waals surface area contributed by atoms with Crippen molar-refractivity contribution in [3.8, 4) is 0 Å². The predicted octanol–water partition coefficient (Wildman–Crippen LogP) is 1.90. The molecule has 118 valence electrons. The van der Waals surface area contributed by atoms with E-state index in [9.17, 15) is 22.0 Å². The molecule has 1 N–H and O–H groups in total. The van der Waals surface area contributed by atoms with Gasteiger partial charge in [0.15, 0.2) is 5.82 Å². The summed E-state index contributed by atoms with van der Waals surface area (Å²) < 4.78 is 54.7. The molecule has 0 fully saturated rings. The molecule has 5 nitrogen and oxygen atoms in total. The Balaban J connectivity index is 3.05. The molecule has 0 aromatic heterocycles. The molecule has 0 aliphatic heterocycles. The topological polar surface area (TPSA) is 72.5 Å². The van der Waals surface area contributed by atoms with Crippen molar-refractivity contribution >= 4 is 25.6 Å². The van der Waals surface area contributed by atoms with Crippen molar-refractivity contribution in [2.45, 2.75) is 11.8 Å². The summed E-state index contributed by atoms with van der Waals surface area (Å²) in [5, 5.41) is 2.31. The molecule has 0 spiro atoms. The Kier molecular flexibility index (Phi) is 6.06. The van der Waals surface area contributed by atoms with Crippen LogP contribution in [0.25, 0.3) is 0 Å². The average molecular weight is 342 g/mol. The van der Waals surface area contributed by atoms with E-state index in [4.69, 9.17) is 15.4 Å². The maximum Gasteiger partial charge on any atom is 0.264 e. The van der Waals surface area contributed by atoms with Crippen LogP contribution in [-0.2, 0) is 13.8 Å². The third kappa shape index (κ3) is 4.62. The summed E-state index contributed by atoms with van der Waals surface area (Å²) >= 11 is 0. The average Bonchev–Trinajstić information content (AvgIpc) is 2.35. The number of hydrogen-bond acceptors (Lipinski definition) is 4. The zero-order valence-electron chi connectivity index (χ0n) is 11.3. The van der Waals surface area contributed by atoms with Crippen LogP contribution in [0.3, 0.4) is 0 Å². The first-order chi connectivity index (χ1) is 9.68. The van der Waals surface area contributed by atoms with Gasteiger partial charge in [-0.3, -0.25) is 4.79 Å². The fraction of sp³-hybridized carbons (Fsp3) is 0.417. The van der Waals surface area contributed by atoms with Crippen molar-refractivity contribution in [3.63, 3.8) is 0 Å². The number of hydrogen-bond donors (Lipinski definition) is 1. The molecule has 0 heterocycles. The fourth-order valence-electron chi connectivity index (χ4n) is 1.63. The highest BCUT2D eigenvalue weighted by Gasteiger charge is 2.26. The lowest BCUT2D eigenvalue weighted by molar-refractivity contribution is 0.0925. The molecule has 0 saturated carbocycles. The Morgan fingerprint density at radius 2 is 2.05 bits per heavy atom. The lowest BCUT2D eigenvalue weighted by atomic mass is 10.1. The zero-order valence-corrected chi connectivity index (χ0v) is 12.9. The van der Waals surface area contributed by atoms with Gasteiger partial charge in [-0.1, -0.05) is 6.92 Å². The summed E-state index contributed by atoms with van der Waals surface area (Å²) in [6.07, 6.45) is 0. The Morgan fingerprint density at radius 1 is 1.43 bits per heavy atom. The first-order valence-corrected chi connectivity index (χ1v) is 8.19. The van der Waals surface area contributed by atoms with Gasteiger partial charge in [-0.2, -0.15) is 0 Å². The van der Waals surface area contributed by atoms with E-state index in [1.165, 1.54) is 7.11 Å². The summed E-state index contributed by atoms with van der Waals surface area (Å²) in [5.41, 5.74) is -0.985. The van der Waals surface area contributed by atoms with Gasteiger partial charge in [-0.15, -0.1) is 0 Å². The molecular formula is C12H14ClF2NO4S. The van der Waals surface area contributed by atoms with Gasteiger partial charge in [-0.25, -0.2) is 17.2 Å². The minimum atomic E-state index is -4.42. The SMILES string of the molecule is COCC(C)CNC(=O)c1c(F)ccc(S(=O)(=O)Cl)c1F. The van der Waals surface area contributed by atoms with Crippen molar-refractivity contribution in [1.29, 1.82) is 0 Å². The largest absolute Gasteiger partial charge is 0.384 e. The normalized spacial score (nSPS) is 13.0. The van der Waals surface area contributed by atoms with Crippen molar-refractivity contribution < 1.29 is 26.7 Å². The summed E-state index contributed by atoms with van der Waals surface area (Å²) in [4.78, 5) is 10.9. The quantitative estimate of drug-likeness (QED) is 0.802. The van der Waals surface area contributed by atoms with Gasteiger partial charge in [0.2, 0.25) is 0 Å². The fourth-order valence-corrected chi connectivity index (χ4v) is 2.53. The maximum atomic E-state index is 14.0. The number of amides is 1. The molecule has 0 radical (unpaired) electrons. The van der Waals surface area contributed by atoms with Crippen LogP contribution in [0.1, 0.15) is 17.3 Å². The zero-order chi connectivity index (χ0) is 16.2. The summed E-state index contributed by atoms with van der Waals surface area (Å²) in [6.45, 7) is 2.22. The highest BCUT2D eigenvalue weighted by molar-refractivity contribution is 8.13. The van der Waals surface area contributed by atoms with Gasteiger partial charge in [0.05, 0.1) is 6.61 Å². The van der Waals surface area contributed by atoms with Crippen LogP contribution in [0.2, 0.25) is 0 Å². The Labute approximate surface area is 125 Å². The third-order valence-corrected chi connectivity index (χ3v) is 3.95. The van der Waals surface area contributed by atoms with Crippen LogP contribution < -0.4 is 5.32 Å². The monoisotopic (exact) mass is 341 g/mol. The van der Waals surface area contributed by atoms with Crippen LogP contribution in [0.15, 0.2) is 17.0 Å². The number of rotatable bonds is 6. The molecule has 9 heteroatoms. The highest BCUT2D eigenvalue weighted by atomic mass is 35.7. The molecular weight excluding hydrogens is 328 g/mol. The summed E-state index contributed by atoms with van der Waals surface area (Å²) in [5.74, 6) is -3.82. The Hall–Kier alpha value is -1.25. The van der Waals surface area contributed by atoms with E-state index in [1.54, 1.807) is 6.92 Å². The van der Waals surface area contributed by atoms with E-state index >= 15 is 0 Å². The second-order valence-electron chi connectivity index (χ2n) is 4.44. The number of ether oxygens (including phenoxy) is 1. The summed E-state index contributed by atoms with van der Waals surface area (Å²) in [6, 6.07) is 1.34. The van der Waals surface area contributed by atoms with Gasteiger partial charge in [0.25, 0.3) is 15.0 Å². The van der Waals surface area contributed by atoms with Crippen molar-refractivity contribution in [2.24, 2.45) is 5.92 Å². The van der Waals surface area contributed by atoms with Gasteiger partial charge >= 0.3 is 0 Å². The first kappa shape index (κ1) is 17.8. The van der Waals surface area contributed by atoms with Gasteiger partial charge in [-0.05, 0) is 18.1 Å². The summed E-state index contributed by atoms with van der Waals surface area (Å²) in [7, 11) is 2.09. The minimum Gasteiger partial charge on any atom is -0.384 e. The van der Waals surface area contributed by atoms with E-state index in [0.717, 1.165) is 0 Å². The van der Waals surface area contributed by atoms with Gasteiger partial charge in [0, 0.05) is 24.3 Å². The molecule has 0 aliphatic carbocycles. The standard InChI is InChI=1S/C12H14ClF2NO4S/c1-7(6-20-2)5-16-12(17)10-8(14)3-4-9(11(10)15)21(13,18)19/h3-4,7H,5-6H2,1-2H3,(H,16,17). The molecule has 0 bridgehead atoms. The van der Waals surface area contributed by atoms with E-state index in [1.807, 2.05) is 0 Å². The molecule has 1 aromatic carbocycles. The van der Waals surface area contributed by atoms with Crippen LogP contribution >= 0.6 is 10.7 Å². The molecule has 1 amide bonds. The molecule has 0 aliphatic rings. The number of carbonyl (C=O) groups excluding carboxylic acids is 1. The number of methoxy groups -OCH3 is 1. The number of halogens is 3. The van der Waals surface area contributed by atoms with E-state index < -0.39 is 37.1 Å². The minimum absolute atomic E-state index is 0.0787. The van der Waals surface area contributed by atoms with Crippen LogP contribution in [0.4, 0.5) is 8.78 Å². The predicted molar refractivity (Wildman–Crippen MR) is 72.8 cm³/mol. The Morgan fingerprint density at radius 3 is 2.57 bits per heavy atom. The first-order valence-electron chi connectivity index (χ1n) is 5.88. The second-order valence-corrected chi connectivity index (χ2v) is 6.98. The van der Waals surface area contributed by atoms with Crippen LogP contribution in [0, 0.1) is 17.6 Å². The van der Waals surface area contributed by atoms with Crippen molar-refractivity contribution in [1.82, 2.24) is 5.32 Å². The van der Waals surface area contributed by atoms with Crippen molar-refractivity contribution in [2.75, 3.05) is 20.3 Å². The van der Waals surface area contributed by atoms with Crippen LogP contribution in [-0.4, -0.2) is 34.6 Å². The molecule has 1 atom stereocenters. The van der Waals surface area contributed by atoms with Gasteiger partial charge in [0.1, 0.15) is 16.3 Å². The molecule has 1 rings (SSSR count). The highest BCUT2D eigenvalue weighted by Crippen LogP contribution is 2.23. The van der Waals surface area contributed by atoms with E-state index in [2.05, 4.69) is 5.32 Å². The molecule has 0 saturated heterocycles. The molecule has 21 heavy (non-hydrogen) atoms. The lowest BCUT2D eigenvalue weighted by Crippen LogP contribution is -2.31. The molecule has 1 unspecified atom stereocenters. The number of nitrogens with one attached hydrogen (secondary N) is 1. The van der Waals surface area contributed by atoms with Gasteiger partial charge < -0.3 is 10.1 Å². The number of carbonyl (C=O) groups is 1. The second kappa shape index (κ2) is 7.15. The smallest absolute Gasteiger partial charge is 0.264 e. The Bertz CT molecular complexity index is 636. The third-order valence-electron chi connectivity index (χ3n) is 2.61. The van der Waals surface area contributed by atoms with E-state index in [-0.39, 0.29) is 12.5 Å². The maximum absolute atomic E-state index is 14.0. The van der Waals surface area contributed by atoms with E-state index in [0.29, 0.717) is 18.7 Å². The van der Waals surface area contributed by atoms with Crippen LogP contribution in [0.5, 0.6) is 0 Å².